The maximum Gasteiger partial charge on any atom is 0.285 e. The Balaban J connectivity index is 2.07. The van der Waals surface area contributed by atoms with E-state index in [1.807, 2.05) is 0 Å². The number of aliphatic imine (C=N–C) groups is 1. The molecule has 0 aromatic heterocycles. The molecule has 0 unspecified atom stereocenters. The SMILES string of the molecule is FC(=Nc1ccc(Cl)cc1)N1CCOCC1. The van der Waals surface area contributed by atoms with Gasteiger partial charge in [-0.05, 0) is 24.3 Å². The monoisotopic (exact) mass is 242 g/mol. The molecular formula is C11H12ClFN2O. The van der Waals surface area contributed by atoms with Gasteiger partial charge in [0.1, 0.15) is 0 Å². The third kappa shape index (κ3) is 2.93. The van der Waals surface area contributed by atoms with E-state index in [-0.39, 0.29) is 0 Å². The molecule has 1 aliphatic rings. The van der Waals surface area contributed by atoms with Crippen LogP contribution in [0.25, 0.3) is 0 Å². The largest absolute Gasteiger partial charge is 0.378 e. The first-order chi connectivity index (χ1) is 7.75. The summed E-state index contributed by atoms with van der Waals surface area (Å²) in [6, 6.07) is 6.74. The number of ether oxygens (including phenoxy) is 1. The van der Waals surface area contributed by atoms with Gasteiger partial charge in [-0.1, -0.05) is 11.6 Å². The van der Waals surface area contributed by atoms with Gasteiger partial charge in [0.25, 0.3) is 6.09 Å². The van der Waals surface area contributed by atoms with Gasteiger partial charge in [0, 0.05) is 18.1 Å². The van der Waals surface area contributed by atoms with Gasteiger partial charge >= 0.3 is 0 Å². The van der Waals surface area contributed by atoms with Crippen molar-refractivity contribution in [2.24, 2.45) is 4.99 Å². The minimum absolute atomic E-state index is 0.467. The molecule has 5 heteroatoms. The molecule has 0 spiro atoms. The van der Waals surface area contributed by atoms with Gasteiger partial charge in [0.05, 0.1) is 18.9 Å². The van der Waals surface area contributed by atoms with Crippen LogP contribution >= 0.6 is 11.6 Å². The summed E-state index contributed by atoms with van der Waals surface area (Å²) in [6.07, 6.45) is -0.467. The zero-order chi connectivity index (χ0) is 11.4. The summed E-state index contributed by atoms with van der Waals surface area (Å²) in [4.78, 5) is 5.45. The molecule has 16 heavy (non-hydrogen) atoms. The van der Waals surface area contributed by atoms with Crippen molar-refractivity contribution in [3.05, 3.63) is 29.3 Å². The highest BCUT2D eigenvalue weighted by atomic mass is 35.5. The second kappa shape index (κ2) is 5.27. The van der Waals surface area contributed by atoms with Crippen LogP contribution in [0.1, 0.15) is 0 Å². The predicted octanol–water partition coefficient (Wildman–Crippen LogP) is 2.63. The fraction of sp³-hybridized carbons (Fsp3) is 0.364. The van der Waals surface area contributed by atoms with Gasteiger partial charge in [0.15, 0.2) is 0 Å². The molecule has 0 aliphatic carbocycles. The summed E-state index contributed by atoms with van der Waals surface area (Å²) in [7, 11) is 0. The fourth-order valence-electron chi connectivity index (χ4n) is 1.44. The van der Waals surface area contributed by atoms with E-state index in [0.717, 1.165) is 0 Å². The van der Waals surface area contributed by atoms with Crippen LogP contribution in [-0.2, 0) is 4.74 Å². The number of hydrogen-bond donors (Lipinski definition) is 0. The Labute approximate surface area is 98.5 Å². The van der Waals surface area contributed by atoms with Crippen molar-refractivity contribution in [2.75, 3.05) is 26.3 Å². The molecule has 3 nitrogen and oxygen atoms in total. The summed E-state index contributed by atoms with van der Waals surface area (Å²) >= 11 is 5.73. The summed E-state index contributed by atoms with van der Waals surface area (Å²) in [5, 5.41) is 0.616. The Morgan fingerprint density at radius 1 is 1.25 bits per heavy atom. The Morgan fingerprint density at radius 2 is 1.88 bits per heavy atom. The van der Waals surface area contributed by atoms with Gasteiger partial charge in [-0.3, -0.25) is 0 Å². The lowest BCUT2D eigenvalue weighted by atomic mass is 10.3. The Hall–Kier alpha value is -1.13. The number of amidine groups is 1. The first-order valence-electron chi connectivity index (χ1n) is 5.08. The van der Waals surface area contributed by atoms with Crippen LogP contribution in [0.2, 0.25) is 5.02 Å². The van der Waals surface area contributed by atoms with Crippen molar-refractivity contribution in [2.45, 2.75) is 0 Å². The first kappa shape index (κ1) is 11.4. The number of nitrogens with zero attached hydrogens (tertiary/aromatic N) is 2. The van der Waals surface area contributed by atoms with Crippen LogP contribution in [0.5, 0.6) is 0 Å². The normalized spacial score (nSPS) is 17.6. The molecule has 1 saturated heterocycles. The van der Waals surface area contributed by atoms with E-state index in [1.54, 1.807) is 29.2 Å². The quantitative estimate of drug-likeness (QED) is 0.430. The Bertz CT molecular complexity index is 374. The van der Waals surface area contributed by atoms with Gasteiger partial charge in [-0.2, -0.15) is 4.39 Å². The van der Waals surface area contributed by atoms with Gasteiger partial charge in [-0.25, -0.2) is 4.99 Å². The molecule has 0 amide bonds. The Morgan fingerprint density at radius 3 is 2.50 bits per heavy atom. The molecule has 0 bridgehead atoms. The molecule has 2 rings (SSSR count). The van der Waals surface area contributed by atoms with E-state index in [0.29, 0.717) is 37.0 Å². The van der Waals surface area contributed by atoms with Crippen molar-refractivity contribution >= 4 is 23.4 Å². The zero-order valence-electron chi connectivity index (χ0n) is 8.70. The lowest BCUT2D eigenvalue weighted by Gasteiger charge is -2.25. The molecule has 0 atom stereocenters. The zero-order valence-corrected chi connectivity index (χ0v) is 9.45. The smallest absolute Gasteiger partial charge is 0.285 e. The molecule has 1 fully saturated rings. The molecular weight excluding hydrogens is 231 g/mol. The lowest BCUT2D eigenvalue weighted by Crippen LogP contribution is -2.38. The van der Waals surface area contributed by atoms with Crippen LogP contribution in [0.3, 0.4) is 0 Å². The summed E-state index contributed by atoms with van der Waals surface area (Å²) in [5.74, 6) is 0. The molecule has 0 saturated carbocycles. The second-order valence-corrected chi connectivity index (χ2v) is 3.89. The second-order valence-electron chi connectivity index (χ2n) is 3.46. The van der Waals surface area contributed by atoms with E-state index in [4.69, 9.17) is 16.3 Å². The molecule has 1 aromatic carbocycles. The minimum atomic E-state index is -0.467. The third-order valence-corrected chi connectivity index (χ3v) is 2.57. The molecule has 1 aromatic rings. The number of morpholine rings is 1. The van der Waals surface area contributed by atoms with Crippen molar-refractivity contribution in [3.63, 3.8) is 0 Å². The van der Waals surface area contributed by atoms with Crippen molar-refractivity contribution in [1.29, 1.82) is 0 Å². The molecule has 1 aliphatic heterocycles. The number of halogens is 2. The van der Waals surface area contributed by atoms with E-state index in [1.165, 1.54) is 0 Å². The van der Waals surface area contributed by atoms with E-state index in [9.17, 15) is 4.39 Å². The number of hydrogen-bond acceptors (Lipinski definition) is 2. The molecule has 1 heterocycles. The maximum absolute atomic E-state index is 13.7. The van der Waals surface area contributed by atoms with Gasteiger partial charge < -0.3 is 9.64 Å². The van der Waals surface area contributed by atoms with Crippen LogP contribution in [0, 0.1) is 0 Å². The van der Waals surface area contributed by atoms with Gasteiger partial charge in [0.2, 0.25) is 0 Å². The van der Waals surface area contributed by atoms with E-state index < -0.39 is 6.09 Å². The first-order valence-corrected chi connectivity index (χ1v) is 5.46. The maximum atomic E-state index is 13.7. The van der Waals surface area contributed by atoms with Crippen LogP contribution in [0.15, 0.2) is 29.3 Å². The van der Waals surface area contributed by atoms with Crippen molar-refractivity contribution in [1.82, 2.24) is 4.90 Å². The Kier molecular flexibility index (Phi) is 3.74. The van der Waals surface area contributed by atoms with E-state index in [2.05, 4.69) is 4.99 Å². The predicted molar refractivity (Wildman–Crippen MR) is 62.0 cm³/mol. The number of benzene rings is 1. The highest BCUT2D eigenvalue weighted by Crippen LogP contribution is 2.17. The summed E-state index contributed by atoms with van der Waals surface area (Å²) in [5.41, 5.74) is 0.563. The summed E-state index contributed by atoms with van der Waals surface area (Å²) < 4.78 is 18.8. The van der Waals surface area contributed by atoms with Crippen LogP contribution in [-0.4, -0.2) is 37.3 Å². The fourth-order valence-corrected chi connectivity index (χ4v) is 1.57. The highest BCUT2D eigenvalue weighted by Gasteiger charge is 2.14. The number of rotatable bonds is 1. The topological polar surface area (TPSA) is 24.8 Å². The average molecular weight is 243 g/mol. The summed E-state index contributed by atoms with van der Waals surface area (Å²) in [6.45, 7) is 2.18. The third-order valence-electron chi connectivity index (χ3n) is 2.32. The standard InChI is InChI=1S/C11H12ClFN2O/c12-9-1-3-10(4-2-9)14-11(13)15-5-7-16-8-6-15/h1-4H,5-8H2. The molecule has 0 radical (unpaired) electrons. The van der Waals surface area contributed by atoms with E-state index >= 15 is 0 Å². The van der Waals surface area contributed by atoms with Gasteiger partial charge in [-0.15, -0.1) is 0 Å². The highest BCUT2D eigenvalue weighted by molar-refractivity contribution is 6.30. The molecule has 86 valence electrons. The molecule has 0 N–H and O–H groups in total. The average Bonchev–Trinajstić information content (AvgIpc) is 2.33. The minimum Gasteiger partial charge on any atom is -0.378 e. The van der Waals surface area contributed by atoms with Crippen molar-refractivity contribution < 1.29 is 9.13 Å². The van der Waals surface area contributed by atoms with Crippen molar-refractivity contribution in [3.8, 4) is 0 Å². The van der Waals surface area contributed by atoms with Crippen LogP contribution < -0.4 is 0 Å². The van der Waals surface area contributed by atoms with Crippen LogP contribution in [0.4, 0.5) is 10.1 Å². The lowest BCUT2D eigenvalue weighted by molar-refractivity contribution is 0.0639.